The van der Waals surface area contributed by atoms with Gasteiger partial charge in [0.05, 0.1) is 12.2 Å². The van der Waals surface area contributed by atoms with Gasteiger partial charge in [-0.05, 0) is 37.5 Å². The van der Waals surface area contributed by atoms with Crippen molar-refractivity contribution in [2.45, 2.75) is 20.5 Å². The number of fused-ring (bicyclic) bond motifs is 1. The SMILES string of the molecule is Cc1cc(C)cc(C(=O)NNC(=O)c2ccc3c(c2F)COB3O)c1. The number of amides is 2. The molecule has 2 aromatic rings. The largest absolute Gasteiger partial charge is 0.491 e. The lowest BCUT2D eigenvalue weighted by atomic mass is 9.79. The van der Waals surface area contributed by atoms with Crippen LogP contribution in [0.15, 0.2) is 30.3 Å². The predicted octanol–water partition coefficient (Wildman–Crippen LogP) is 0.735. The molecule has 1 aliphatic heterocycles. The van der Waals surface area contributed by atoms with E-state index in [-0.39, 0.29) is 17.7 Å². The number of nitrogens with one attached hydrogen (secondary N) is 2. The highest BCUT2D eigenvalue weighted by atomic mass is 19.1. The lowest BCUT2D eigenvalue weighted by Crippen LogP contribution is -2.42. The fraction of sp³-hybridized carbons (Fsp3) is 0.176. The summed E-state index contributed by atoms with van der Waals surface area (Å²) in [5.41, 5.74) is 6.89. The minimum Gasteiger partial charge on any atom is -0.423 e. The van der Waals surface area contributed by atoms with Crippen molar-refractivity contribution in [3.05, 3.63) is 64.0 Å². The van der Waals surface area contributed by atoms with Crippen LogP contribution < -0.4 is 16.3 Å². The summed E-state index contributed by atoms with van der Waals surface area (Å²) in [5, 5.41) is 9.54. The number of rotatable bonds is 2. The van der Waals surface area contributed by atoms with Gasteiger partial charge in [-0.25, -0.2) is 4.39 Å². The Kier molecular flexibility index (Phi) is 4.56. The lowest BCUT2D eigenvalue weighted by Gasteiger charge is -2.10. The number of carbonyl (C=O) groups is 2. The number of hydrazine groups is 1. The van der Waals surface area contributed by atoms with E-state index in [4.69, 9.17) is 4.65 Å². The molecule has 0 atom stereocenters. The molecule has 0 unspecified atom stereocenters. The average molecular weight is 342 g/mol. The minimum atomic E-state index is -1.19. The van der Waals surface area contributed by atoms with E-state index in [1.807, 2.05) is 19.9 Å². The molecule has 1 aliphatic rings. The molecular weight excluding hydrogens is 326 g/mol. The van der Waals surface area contributed by atoms with Gasteiger partial charge >= 0.3 is 7.12 Å². The fourth-order valence-corrected chi connectivity index (χ4v) is 2.80. The van der Waals surface area contributed by atoms with Crippen LogP contribution in [0.25, 0.3) is 0 Å². The smallest absolute Gasteiger partial charge is 0.423 e. The maximum atomic E-state index is 14.4. The molecule has 8 heteroatoms. The molecule has 2 aromatic carbocycles. The highest BCUT2D eigenvalue weighted by Gasteiger charge is 2.31. The van der Waals surface area contributed by atoms with Crippen LogP contribution >= 0.6 is 0 Å². The Balaban J connectivity index is 1.72. The van der Waals surface area contributed by atoms with E-state index < -0.39 is 24.7 Å². The Bertz CT molecular complexity index is 852. The van der Waals surface area contributed by atoms with E-state index >= 15 is 0 Å². The summed E-state index contributed by atoms with van der Waals surface area (Å²) in [6.07, 6.45) is 0. The summed E-state index contributed by atoms with van der Waals surface area (Å²) in [4.78, 5) is 24.3. The molecule has 3 N–H and O–H groups in total. The first-order chi connectivity index (χ1) is 11.9. The predicted molar refractivity (Wildman–Crippen MR) is 89.6 cm³/mol. The van der Waals surface area contributed by atoms with E-state index in [0.29, 0.717) is 11.0 Å². The van der Waals surface area contributed by atoms with Gasteiger partial charge in [-0.2, -0.15) is 0 Å². The molecule has 1 heterocycles. The van der Waals surface area contributed by atoms with E-state index in [0.717, 1.165) is 11.1 Å². The van der Waals surface area contributed by atoms with Crippen molar-refractivity contribution in [2.24, 2.45) is 0 Å². The Morgan fingerprint density at radius 3 is 2.44 bits per heavy atom. The average Bonchev–Trinajstić information content (AvgIpc) is 2.94. The van der Waals surface area contributed by atoms with Crippen LogP contribution in [0.1, 0.15) is 37.4 Å². The van der Waals surface area contributed by atoms with Gasteiger partial charge in [0, 0.05) is 11.1 Å². The van der Waals surface area contributed by atoms with Crippen molar-refractivity contribution in [1.29, 1.82) is 0 Å². The summed E-state index contributed by atoms with van der Waals surface area (Å²) in [5.74, 6) is -2.06. The molecule has 128 valence electrons. The topological polar surface area (TPSA) is 87.7 Å². The van der Waals surface area contributed by atoms with Gasteiger partial charge in [-0.15, -0.1) is 0 Å². The third-order valence-corrected chi connectivity index (χ3v) is 3.95. The number of benzene rings is 2. The van der Waals surface area contributed by atoms with Crippen molar-refractivity contribution in [3.63, 3.8) is 0 Å². The third-order valence-electron chi connectivity index (χ3n) is 3.95. The molecule has 3 rings (SSSR count). The van der Waals surface area contributed by atoms with Crippen LogP contribution in [0.4, 0.5) is 4.39 Å². The second-order valence-corrected chi connectivity index (χ2v) is 5.94. The maximum absolute atomic E-state index is 14.4. The van der Waals surface area contributed by atoms with Gasteiger partial charge in [0.2, 0.25) is 0 Å². The van der Waals surface area contributed by atoms with E-state index in [9.17, 15) is 19.0 Å². The van der Waals surface area contributed by atoms with Crippen LogP contribution in [0.3, 0.4) is 0 Å². The van der Waals surface area contributed by atoms with E-state index in [2.05, 4.69) is 10.9 Å². The third kappa shape index (κ3) is 3.40. The second kappa shape index (κ2) is 6.66. The summed E-state index contributed by atoms with van der Waals surface area (Å²) >= 11 is 0. The molecule has 0 saturated carbocycles. The second-order valence-electron chi connectivity index (χ2n) is 5.94. The van der Waals surface area contributed by atoms with Gasteiger partial charge in [0.1, 0.15) is 5.82 Å². The molecule has 6 nitrogen and oxygen atoms in total. The zero-order valence-corrected chi connectivity index (χ0v) is 13.7. The molecule has 0 aromatic heterocycles. The van der Waals surface area contributed by atoms with E-state index in [1.165, 1.54) is 12.1 Å². The highest BCUT2D eigenvalue weighted by Crippen LogP contribution is 2.17. The molecular formula is C17H16BFN2O4. The first kappa shape index (κ1) is 17.1. The molecule has 0 spiro atoms. The van der Waals surface area contributed by atoms with E-state index in [1.54, 1.807) is 12.1 Å². The summed E-state index contributed by atoms with van der Waals surface area (Å²) in [6.45, 7) is 3.61. The molecule has 0 bridgehead atoms. The van der Waals surface area contributed by atoms with Crippen molar-refractivity contribution >= 4 is 24.4 Å². The number of carbonyl (C=O) groups excluding carboxylic acids is 2. The lowest BCUT2D eigenvalue weighted by molar-refractivity contribution is 0.0844. The molecule has 0 saturated heterocycles. The van der Waals surface area contributed by atoms with Crippen LogP contribution in [-0.4, -0.2) is 24.0 Å². The van der Waals surface area contributed by atoms with Crippen LogP contribution in [0, 0.1) is 19.7 Å². The normalized spacial score (nSPS) is 12.7. The van der Waals surface area contributed by atoms with Crippen LogP contribution in [0.5, 0.6) is 0 Å². The molecule has 25 heavy (non-hydrogen) atoms. The quantitative estimate of drug-likeness (QED) is 0.555. The Morgan fingerprint density at radius 1 is 1.12 bits per heavy atom. The zero-order valence-electron chi connectivity index (χ0n) is 13.7. The van der Waals surface area contributed by atoms with Gasteiger partial charge in [0.25, 0.3) is 11.8 Å². The van der Waals surface area contributed by atoms with Gasteiger partial charge in [-0.1, -0.05) is 23.3 Å². The summed E-state index contributed by atoms with van der Waals surface area (Å²) in [6, 6.07) is 7.96. The Labute approximate surface area is 144 Å². The van der Waals surface area contributed by atoms with Gasteiger partial charge < -0.3 is 9.68 Å². The molecule has 0 fully saturated rings. The number of halogens is 1. The number of aryl methyl sites for hydroxylation is 2. The van der Waals surface area contributed by atoms with Gasteiger partial charge in [0.15, 0.2) is 0 Å². The van der Waals surface area contributed by atoms with Crippen molar-refractivity contribution in [3.8, 4) is 0 Å². The molecule has 0 aliphatic carbocycles. The first-order valence-electron chi connectivity index (χ1n) is 7.66. The fourth-order valence-electron chi connectivity index (χ4n) is 2.80. The van der Waals surface area contributed by atoms with Crippen LogP contribution in [-0.2, 0) is 11.3 Å². The van der Waals surface area contributed by atoms with Crippen molar-refractivity contribution in [2.75, 3.05) is 0 Å². The first-order valence-corrected chi connectivity index (χ1v) is 7.66. The number of hydrogen-bond acceptors (Lipinski definition) is 4. The minimum absolute atomic E-state index is 0.113. The molecule has 0 radical (unpaired) electrons. The maximum Gasteiger partial charge on any atom is 0.491 e. The van der Waals surface area contributed by atoms with Gasteiger partial charge in [-0.3, -0.25) is 20.4 Å². The Hall–Kier alpha value is -2.71. The van der Waals surface area contributed by atoms with Crippen molar-refractivity contribution in [1.82, 2.24) is 10.9 Å². The van der Waals surface area contributed by atoms with Crippen molar-refractivity contribution < 1.29 is 23.7 Å². The zero-order chi connectivity index (χ0) is 18.1. The summed E-state index contributed by atoms with van der Waals surface area (Å²) in [7, 11) is -1.19. The standard InChI is InChI=1S/C17H16BFN2O4/c1-9-5-10(2)7-11(6-9)16(22)20-21-17(23)12-3-4-14-13(15(12)19)8-25-18(14)24/h3-7,24H,8H2,1-2H3,(H,20,22)(H,21,23). The highest BCUT2D eigenvalue weighted by molar-refractivity contribution is 6.61. The summed E-state index contributed by atoms with van der Waals surface area (Å²) < 4.78 is 19.3. The van der Waals surface area contributed by atoms with Crippen LogP contribution in [0.2, 0.25) is 0 Å². The Morgan fingerprint density at radius 2 is 1.76 bits per heavy atom. The number of hydrogen-bond donors (Lipinski definition) is 3. The monoisotopic (exact) mass is 342 g/mol. The molecule has 2 amide bonds.